The minimum atomic E-state index is -0.377. The highest BCUT2D eigenvalue weighted by Gasteiger charge is 2.12. The lowest BCUT2D eigenvalue weighted by Gasteiger charge is -2.06. The Kier molecular flexibility index (Phi) is 3.56. The van der Waals surface area contributed by atoms with Gasteiger partial charge in [-0.25, -0.2) is 4.98 Å². The van der Waals surface area contributed by atoms with Gasteiger partial charge in [0.25, 0.3) is 5.91 Å². The zero-order chi connectivity index (χ0) is 12.3. The van der Waals surface area contributed by atoms with Gasteiger partial charge >= 0.3 is 0 Å². The first-order valence-corrected chi connectivity index (χ1v) is 5.45. The van der Waals surface area contributed by atoms with Crippen LogP contribution in [0.25, 0.3) is 0 Å². The lowest BCUT2D eigenvalue weighted by molar-refractivity contribution is 0.102. The molecule has 0 aromatic carbocycles. The van der Waals surface area contributed by atoms with Crippen LogP contribution in [-0.4, -0.2) is 15.9 Å². The van der Waals surface area contributed by atoms with Crippen LogP contribution in [0.4, 0.5) is 5.69 Å². The van der Waals surface area contributed by atoms with Gasteiger partial charge in [0.15, 0.2) is 0 Å². The number of hydrogen-bond donors (Lipinski definition) is 1. The first-order chi connectivity index (χ1) is 8.18. The predicted octanol–water partition coefficient (Wildman–Crippen LogP) is 3.04. The molecule has 17 heavy (non-hydrogen) atoms. The Morgan fingerprint density at radius 1 is 1.24 bits per heavy atom. The maximum Gasteiger partial charge on any atom is 0.258 e. The van der Waals surface area contributed by atoms with E-state index in [-0.39, 0.29) is 16.6 Å². The standard InChI is InChI=1S/C11H7Cl2N3O/c12-8-3-5-14-6-9(8)16-11(17)7-2-1-4-15-10(7)13/h1-6H,(H,16,17). The maximum atomic E-state index is 11.9. The average Bonchev–Trinajstić information content (AvgIpc) is 2.32. The van der Waals surface area contributed by atoms with E-state index in [0.717, 1.165) is 0 Å². The fraction of sp³-hybridized carbons (Fsp3) is 0. The van der Waals surface area contributed by atoms with E-state index >= 15 is 0 Å². The first kappa shape index (κ1) is 11.8. The number of aromatic nitrogens is 2. The highest BCUT2D eigenvalue weighted by molar-refractivity contribution is 6.35. The van der Waals surface area contributed by atoms with E-state index in [1.807, 2.05) is 0 Å². The minimum absolute atomic E-state index is 0.144. The molecule has 0 fully saturated rings. The molecule has 0 saturated heterocycles. The number of amides is 1. The van der Waals surface area contributed by atoms with Crippen LogP contribution < -0.4 is 5.32 Å². The Labute approximate surface area is 108 Å². The van der Waals surface area contributed by atoms with E-state index in [4.69, 9.17) is 23.2 Å². The van der Waals surface area contributed by atoms with Crippen LogP contribution in [-0.2, 0) is 0 Å². The summed E-state index contributed by atoms with van der Waals surface area (Å²) in [7, 11) is 0. The van der Waals surface area contributed by atoms with Crippen molar-refractivity contribution in [3.8, 4) is 0 Å². The molecule has 0 aliphatic heterocycles. The fourth-order valence-electron chi connectivity index (χ4n) is 1.21. The van der Waals surface area contributed by atoms with Crippen molar-refractivity contribution in [2.75, 3.05) is 5.32 Å². The van der Waals surface area contributed by atoms with Crippen LogP contribution in [0.5, 0.6) is 0 Å². The Hall–Kier alpha value is -1.65. The zero-order valence-corrected chi connectivity index (χ0v) is 10.0. The molecule has 0 bridgehead atoms. The monoisotopic (exact) mass is 267 g/mol. The van der Waals surface area contributed by atoms with Crippen LogP contribution in [0.1, 0.15) is 10.4 Å². The molecule has 0 spiro atoms. The van der Waals surface area contributed by atoms with Gasteiger partial charge in [-0.05, 0) is 18.2 Å². The maximum absolute atomic E-state index is 11.9. The summed E-state index contributed by atoms with van der Waals surface area (Å²) in [5.41, 5.74) is 0.716. The quantitative estimate of drug-likeness (QED) is 0.851. The van der Waals surface area contributed by atoms with Crippen LogP contribution in [0.2, 0.25) is 10.2 Å². The van der Waals surface area contributed by atoms with Gasteiger partial charge in [-0.15, -0.1) is 0 Å². The van der Waals surface area contributed by atoms with E-state index < -0.39 is 0 Å². The van der Waals surface area contributed by atoms with E-state index in [9.17, 15) is 4.79 Å². The second-order valence-electron chi connectivity index (χ2n) is 3.15. The highest BCUT2D eigenvalue weighted by Crippen LogP contribution is 2.21. The summed E-state index contributed by atoms with van der Waals surface area (Å²) in [4.78, 5) is 19.6. The number of carbonyl (C=O) groups excluding carboxylic acids is 1. The molecule has 0 unspecified atom stereocenters. The summed E-state index contributed by atoms with van der Waals surface area (Å²) in [6.45, 7) is 0. The summed E-state index contributed by atoms with van der Waals surface area (Å²) in [5, 5.41) is 3.16. The van der Waals surface area contributed by atoms with Crippen molar-refractivity contribution in [3.05, 3.63) is 52.5 Å². The van der Waals surface area contributed by atoms with Crippen LogP contribution in [0, 0.1) is 0 Å². The number of carbonyl (C=O) groups is 1. The Balaban J connectivity index is 2.24. The van der Waals surface area contributed by atoms with Gasteiger partial charge in [0, 0.05) is 12.4 Å². The van der Waals surface area contributed by atoms with E-state index in [1.165, 1.54) is 18.6 Å². The topological polar surface area (TPSA) is 54.9 Å². The van der Waals surface area contributed by atoms with E-state index in [0.29, 0.717) is 10.7 Å². The summed E-state index contributed by atoms with van der Waals surface area (Å²) >= 11 is 11.7. The minimum Gasteiger partial charge on any atom is -0.319 e. The van der Waals surface area contributed by atoms with Gasteiger partial charge in [0.2, 0.25) is 0 Å². The number of pyridine rings is 2. The number of halogens is 2. The molecule has 1 amide bonds. The van der Waals surface area contributed by atoms with Crippen molar-refractivity contribution in [3.63, 3.8) is 0 Å². The molecule has 6 heteroatoms. The summed E-state index contributed by atoms with van der Waals surface area (Å²) in [6.07, 6.45) is 4.51. The number of nitrogens with zero attached hydrogens (tertiary/aromatic N) is 2. The van der Waals surface area contributed by atoms with Gasteiger partial charge in [0.05, 0.1) is 22.5 Å². The molecular formula is C11H7Cl2N3O. The number of anilines is 1. The second-order valence-corrected chi connectivity index (χ2v) is 3.92. The molecule has 0 aliphatic rings. The van der Waals surface area contributed by atoms with Gasteiger partial charge < -0.3 is 5.32 Å². The smallest absolute Gasteiger partial charge is 0.258 e. The molecule has 0 saturated carbocycles. The lowest BCUT2D eigenvalue weighted by atomic mass is 10.2. The molecular weight excluding hydrogens is 261 g/mol. The van der Waals surface area contributed by atoms with Crippen LogP contribution in [0.15, 0.2) is 36.8 Å². The molecule has 2 heterocycles. The van der Waals surface area contributed by atoms with Crippen LogP contribution >= 0.6 is 23.2 Å². The van der Waals surface area contributed by atoms with E-state index in [1.54, 1.807) is 18.2 Å². The second kappa shape index (κ2) is 5.12. The number of hydrogen-bond acceptors (Lipinski definition) is 3. The molecule has 0 aliphatic carbocycles. The zero-order valence-electron chi connectivity index (χ0n) is 8.52. The lowest BCUT2D eigenvalue weighted by Crippen LogP contribution is -2.13. The fourth-order valence-corrected chi connectivity index (χ4v) is 1.57. The average molecular weight is 268 g/mol. The third-order valence-corrected chi connectivity index (χ3v) is 2.65. The number of rotatable bonds is 2. The van der Waals surface area contributed by atoms with Gasteiger partial charge in [-0.2, -0.15) is 0 Å². The van der Waals surface area contributed by atoms with Crippen LogP contribution in [0.3, 0.4) is 0 Å². The molecule has 2 aromatic heterocycles. The van der Waals surface area contributed by atoms with Crippen molar-refractivity contribution in [1.82, 2.24) is 9.97 Å². The SMILES string of the molecule is O=C(Nc1cnccc1Cl)c1cccnc1Cl. The third-order valence-electron chi connectivity index (χ3n) is 2.02. The van der Waals surface area contributed by atoms with Crippen molar-refractivity contribution >= 4 is 34.8 Å². The molecule has 2 aromatic rings. The molecule has 0 atom stereocenters. The first-order valence-electron chi connectivity index (χ1n) is 4.70. The van der Waals surface area contributed by atoms with Crippen molar-refractivity contribution in [1.29, 1.82) is 0 Å². The highest BCUT2D eigenvalue weighted by atomic mass is 35.5. The van der Waals surface area contributed by atoms with Gasteiger partial charge in [-0.1, -0.05) is 23.2 Å². The molecule has 2 rings (SSSR count). The van der Waals surface area contributed by atoms with Crippen molar-refractivity contribution < 1.29 is 4.79 Å². The van der Waals surface area contributed by atoms with Crippen molar-refractivity contribution in [2.24, 2.45) is 0 Å². The molecule has 4 nitrogen and oxygen atoms in total. The number of nitrogens with one attached hydrogen (secondary N) is 1. The molecule has 1 N–H and O–H groups in total. The van der Waals surface area contributed by atoms with Gasteiger partial charge in [-0.3, -0.25) is 9.78 Å². The predicted molar refractivity (Wildman–Crippen MR) is 66.4 cm³/mol. The molecule has 0 radical (unpaired) electrons. The van der Waals surface area contributed by atoms with Crippen molar-refractivity contribution in [2.45, 2.75) is 0 Å². The largest absolute Gasteiger partial charge is 0.319 e. The summed E-state index contributed by atoms with van der Waals surface area (Å²) in [6, 6.07) is 4.79. The molecule has 86 valence electrons. The Bertz CT molecular complexity index is 560. The summed E-state index contributed by atoms with van der Waals surface area (Å²) < 4.78 is 0. The Morgan fingerprint density at radius 2 is 2.06 bits per heavy atom. The Morgan fingerprint density at radius 3 is 2.76 bits per heavy atom. The third kappa shape index (κ3) is 2.72. The summed E-state index contributed by atoms with van der Waals surface area (Å²) in [5.74, 6) is -0.377. The normalized spacial score (nSPS) is 10.0. The van der Waals surface area contributed by atoms with Gasteiger partial charge in [0.1, 0.15) is 5.15 Å². The van der Waals surface area contributed by atoms with E-state index in [2.05, 4.69) is 15.3 Å².